The van der Waals surface area contributed by atoms with Crippen LogP contribution in [0.4, 0.5) is 5.69 Å². The minimum Gasteiger partial charge on any atom is -0.369 e. The van der Waals surface area contributed by atoms with Crippen molar-refractivity contribution < 1.29 is 13.2 Å². The van der Waals surface area contributed by atoms with Crippen molar-refractivity contribution in [2.75, 3.05) is 4.31 Å². The largest absolute Gasteiger partial charge is 0.369 e. The molecule has 3 rings (SSSR count). The quantitative estimate of drug-likeness (QED) is 0.830. The summed E-state index contributed by atoms with van der Waals surface area (Å²) in [6.07, 6.45) is 0.333. The van der Waals surface area contributed by atoms with E-state index in [9.17, 15) is 13.2 Å². The van der Waals surface area contributed by atoms with Crippen LogP contribution >= 0.6 is 23.2 Å². The van der Waals surface area contributed by atoms with Crippen molar-refractivity contribution >= 4 is 44.8 Å². The van der Waals surface area contributed by atoms with Crippen LogP contribution in [0.25, 0.3) is 0 Å². The predicted molar refractivity (Wildman–Crippen MR) is 104 cm³/mol. The molecule has 0 radical (unpaired) electrons. The first-order valence-corrected chi connectivity index (χ1v) is 10.4. The van der Waals surface area contributed by atoms with Gasteiger partial charge in [-0.25, -0.2) is 8.42 Å². The number of nitrogens with two attached hydrogens (primary N) is 1. The fraction of sp³-hybridized carbons (Fsp3) is 0.278. The second-order valence-corrected chi connectivity index (χ2v) is 9.08. The standard InChI is InChI=1S/C18H18Cl2N2O3S/c1-11-8-15(18(21)23)14-4-2-3-5-17(14)22(11)26(24,25)10-12-6-7-13(19)9-16(12)20/h2-7,9,11,15H,8,10H2,1H3,(H2,21,23). The average Bonchev–Trinajstić information content (AvgIpc) is 2.56. The number of para-hydroxylation sites is 1. The number of hydrogen-bond acceptors (Lipinski definition) is 3. The van der Waals surface area contributed by atoms with E-state index >= 15 is 0 Å². The van der Waals surface area contributed by atoms with E-state index in [0.29, 0.717) is 33.3 Å². The highest BCUT2D eigenvalue weighted by molar-refractivity contribution is 7.92. The zero-order chi connectivity index (χ0) is 19.1. The highest BCUT2D eigenvalue weighted by Crippen LogP contribution is 2.40. The van der Waals surface area contributed by atoms with Crippen LogP contribution in [-0.2, 0) is 20.6 Å². The Hall–Kier alpha value is -1.76. The van der Waals surface area contributed by atoms with E-state index < -0.39 is 27.9 Å². The number of rotatable bonds is 4. The summed E-state index contributed by atoms with van der Waals surface area (Å²) in [6.45, 7) is 1.77. The molecule has 1 amide bonds. The number of carbonyl (C=O) groups excluding carboxylic acids is 1. The van der Waals surface area contributed by atoms with Gasteiger partial charge in [0, 0.05) is 16.1 Å². The summed E-state index contributed by atoms with van der Waals surface area (Å²) >= 11 is 12.0. The van der Waals surface area contributed by atoms with Gasteiger partial charge in [0.1, 0.15) is 0 Å². The van der Waals surface area contributed by atoms with Gasteiger partial charge in [-0.05, 0) is 42.7 Å². The normalized spacial score (nSPS) is 19.9. The van der Waals surface area contributed by atoms with E-state index in [1.54, 1.807) is 43.3 Å². The summed E-state index contributed by atoms with van der Waals surface area (Å²) in [6, 6.07) is 11.3. The van der Waals surface area contributed by atoms with Gasteiger partial charge in [0.25, 0.3) is 0 Å². The number of primary amides is 1. The highest BCUT2D eigenvalue weighted by Gasteiger charge is 2.38. The minimum absolute atomic E-state index is 0.261. The first-order chi connectivity index (χ1) is 12.2. The van der Waals surface area contributed by atoms with E-state index in [-0.39, 0.29) is 5.75 Å². The number of carbonyl (C=O) groups is 1. The predicted octanol–water partition coefficient (Wildman–Crippen LogP) is 3.69. The molecule has 1 aliphatic heterocycles. The molecule has 0 aromatic heterocycles. The number of fused-ring (bicyclic) bond motifs is 1. The molecule has 2 N–H and O–H groups in total. The summed E-state index contributed by atoms with van der Waals surface area (Å²) in [5.74, 6) is -1.23. The van der Waals surface area contributed by atoms with Crippen LogP contribution in [0.15, 0.2) is 42.5 Å². The van der Waals surface area contributed by atoms with Gasteiger partial charge in [-0.2, -0.15) is 0 Å². The number of hydrogen-bond donors (Lipinski definition) is 1. The first kappa shape index (κ1) is 19.0. The molecule has 5 nitrogen and oxygen atoms in total. The average molecular weight is 413 g/mol. The van der Waals surface area contributed by atoms with E-state index in [4.69, 9.17) is 28.9 Å². The van der Waals surface area contributed by atoms with Gasteiger partial charge in [-0.1, -0.05) is 47.5 Å². The summed E-state index contributed by atoms with van der Waals surface area (Å²) in [5, 5.41) is 0.742. The second kappa shape index (κ2) is 7.10. The molecule has 0 bridgehead atoms. The van der Waals surface area contributed by atoms with Gasteiger partial charge in [0.2, 0.25) is 15.9 Å². The first-order valence-electron chi connectivity index (χ1n) is 8.05. The molecule has 8 heteroatoms. The Labute approximate surface area is 162 Å². The Balaban J connectivity index is 2.03. The van der Waals surface area contributed by atoms with E-state index in [0.717, 1.165) is 0 Å². The molecule has 1 heterocycles. The Bertz CT molecular complexity index is 963. The fourth-order valence-corrected chi connectivity index (χ4v) is 5.82. The van der Waals surface area contributed by atoms with Crippen molar-refractivity contribution in [3.05, 3.63) is 63.6 Å². The van der Waals surface area contributed by atoms with Gasteiger partial charge in [-0.15, -0.1) is 0 Å². The molecule has 0 aliphatic carbocycles. The summed E-state index contributed by atoms with van der Waals surface area (Å²) in [5.41, 5.74) is 7.10. The van der Waals surface area contributed by atoms with Gasteiger partial charge < -0.3 is 5.73 Å². The third-order valence-electron chi connectivity index (χ3n) is 4.52. The van der Waals surface area contributed by atoms with Crippen molar-refractivity contribution in [2.45, 2.75) is 31.1 Å². The topological polar surface area (TPSA) is 80.5 Å². The molecule has 2 unspecified atom stereocenters. The molecular weight excluding hydrogens is 395 g/mol. The van der Waals surface area contributed by atoms with Crippen molar-refractivity contribution in [3.8, 4) is 0 Å². The number of anilines is 1. The third-order valence-corrected chi connectivity index (χ3v) is 6.94. The smallest absolute Gasteiger partial charge is 0.239 e. The van der Waals surface area contributed by atoms with Gasteiger partial charge in [-0.3, -0.25) is 9.10 Å². The van der Waals surface area contributed by atoms with Crippen LogP contribution < -0.4 is 10.0 Å². The van der Waals surface area contributed by atoms with Gasteiger partial charge in [0.05, 0.1) is 17.4 Å². The minimum atomic E-state index is -3.73. The molecule has 0 spiro atoms. The van der Waals surface area contributed by atoms with Gasteiger partial charge >= 0.3 is 0 Å². The number of nitrogens with zero attached hydrogens (tertiary/aromatic N) is 1. The highest BCUT2D eigenvalue weighted by atomic mass is 35.5. The fourth-order valence-electron chi connectivity index (χ4n) is 3.38. The maximum atomic E-state index is 13.2. The molecule has 0 saturated carbocycles. The number of benzene rings is 2. The molecule has 2 atom stereocenters. The lowest BCUT2D eigenvalue weighted by Crippen LogP contribution is -2.45. The van der Waals surface area contributed by atoms with Crippen LogP contribution in [-0.4, -0.2) is 20.4 Å². The summed E-state index contributed by atoms with van der Waals surface area (Å²) in [4.78, 5) is 11.8. The molecule has 2 aromatic carbocycles. The summed E-state index contributed by atoms with van der Waals surface area (Å²) in [7, 11) is -3.73. The molecule has 26 heavy (non-hydrogen) atoms. The van der Waals surface area contributed by atoms with Crippen molar-refractivity contribution in [2.24, 2.45) is 5.73 Å². The van der Waals surface area contributed by atoms with E-state index in [1.807, 2.05) is 0 Å². The lowest BCUT2D eigenvalue weighted by molar-refractivity contribution is -0.119. The Morgan fingerprint density at radius 3 is 2.58 bits per heavy atom. The maximum absolute atomic E-state index is 13.2. The van der Waals surface area contributed by atoms with Crippen molar-refractivity contribution in [1.29, 1.82) is 0 Å². The lowest BCUT2D eigenvalue weighted by Gasteiger charge is -2.39. The Morgan fingerprint density at radius 1 is 1.23 bits per heavy atom. The third kappa shape index (κ3) is 3.54. The van der Waals surface area contributed by atoms with Crippen LogP contribution in [0, 0.1) is 0 Å². The number of halogens is 2. The van der Waals surface area contributed by atoms with E-state index in [2.05, 4.69) is 0 Å². The molecule has 2 aromatic rings. The lowest BCUT2D eigenvalue weighted by atomic mass is 9.87. The van der Waals surface area contributed by atoms with Crippen LogP contribution in [0.3, 0.4) is 0 Å². The van der Waals surface area contributed by atoms with Crippen LogP contribution in [0.2, 0.25) is 10.0 Å². The monoisotopic (exact) mass is 412 g/mol. The van der Waals surface area contributed by atoms with Crippen molar-refractivity contribution in [1.82, 2.24) is 0 Å². The molecule has 138 valence electrons. The maximum Gasteiger partial charge on any atom is 0.239 e. The zero-order valence-electron chi connectivity index (χ0n) is 14.0. The molecule has 0 saturated heterocycles. The molecule has 1 aliphatic rings. The Morgan fingerprint density at radius 2 is 1.92 bits per heavy atom. The van der Waals surface area contributed by atoms with Crippen LogP contribution in [0.5, 0.6) is 0 Å². The number of amides is 1. The second-order valence-electron chi connectivity index (χ2n) is 6.39. The zero-order valence-corrected chi connectivity index (χ0v) is 16.4. The molecule has 0 fully saturated rings. The number of sulfonamides is 1. The molecular formula is C18H18Cl2N2O3S. The Kier molecular flexibility index (Phi) is 5.19. The SMILES string of the molecule is CC1CC(C(N)=O)c2ccccc2N1S(=O)(=O)Cc1ccc(Cl)cc1Cl. The van der Waals surface area contributed by atoms with Crippen molar-refractivity contribution in [3.63, 3.8) is 0 Å². The van der Waals surface area contributed by atoms with E-state index in [1.165, 1.54) is 10.4 Å². The summed E-state index contributed by atoms with van der Waals surface area (Å²) < 4.78 is 27.7. The van der Waals surface area contributed by atoms with Gasteiger partial charge in [0.15, 0.2) is 0 Å². The van der Waals surface area contributed by atoms with Crippen LogP contribution in [0.1, 0.15) is 30.4 Å².